The number of likely N-dealkylation sites (N-methyl/N-ethyl adjacent to an activating group) is 2. The van der Waals surface area contributed by atoms with Gasteiger partial charge in [-0.05, 0) is 63.9 Å². The van der Waals surface area contributed by atoms with Crippen molar-refractivity contribution in [3.63, 3.8) is 0 Å². The van der Waals surface area contributed by atoms with Gasteiger partial charge >= 0.3 is 6.03 Å². The van der Waals surface area contributed by atoms with Crippen LogP contribution in [0.15, 0.2) is 59.8 Å². The van der Waals surface area contributed by atoms with Gasteiger partial charge in [0, 0.05) is 26.2 Å². The lowest BCUT2D eigenvalue weighted by atomic mass is 9.91. The minimum Gasteiger partial charge on any atom is -0.335 e. The number of aryl methyl sites for hydroxylation is 2. The van der Waals surface area contributed by atoms with Crippen molar-refractivity contribution in [2.24, 2.45) is 5.92 Å². The van der Waals surface area contributed by atoms with Crippen LogP contribution in [0.3, 0.4) is 0 Å². The fourth-order valence-electron chi connectivity index (χ4n) is 5.89. The molecule has 2 aromatic rings. The Morgan fingerprint density at radius 3 is 2.37 bits per heavy atom. The van der Waals surface area contributed by atoms with Gasteiger partial charge in [0.1, 0.15) is 6.04 Å². The smallest absolute Gasteiger partial charge is 0.322 e. The lowest BCUT2D eigenvalue weighted by molar-refractivity contribution is -0.144. The number of hydrogen-bond donors (Lipinski definition) is 1. The van der Waals surface area contributed by atoms with Gasteiger partial charge in [0.15, 0.2) is 0 Å². The Kier molecular flexibility index (Phi) is 9.53. The van der Waals surface area contributed by atoms with Gasteiger partial charge in [0.05, 0.1) is 23.9 Å². The Bertz CT molecular complexity index is 1300. The SMILES string of the molecule is CCN1C(=O)N[C@@H](c2ccc(C)cc2C)C2=C1CN([C@H](CC(C)C)C(=O)N(CCN(C)C)Cc1ccccc1)C2=O. The zero-order chi connectivity index (χ0) is 29.8. The Morgan fingerprint density at radius 1 is 1.05 bits per heavy atom. The molecule has 1 N–H and O–H groups in total. The van der Waals surface area contributed by atoms with Crippen molar-refractivity contribution >= 4 is 17.8 Å². The Hall–Kier alpha value is -3.65. The first-order valence-corrected chi connectivity index (χ1v) is 14.7. The van der Waals surface area contributed by atoms with E-state index in [2.05, 4.69) is 30.1 Å². The molecule has 2 heterocycles. The van der Waals surface area contributed by atoms with Gasteiger partial charge in [-0.3, -0.25) is 14.5 Å². The third-order valence-electron chi connectivity index (χ3n) is 8.00. The maximum atomic E-state index is 14.4. The highest BCUT2D eigenvalue weighted by atomic mass is 16.2. The van der Waals surface area contributed by atoms with Gasteiger partial charge in [-0.25, -0.2) is 4.79 Å². The monoisotopic (exact) mass is 559 g/mol. The van der Waals surface area contributed by atoms with Gasteiger partial charge in [-0.1, -0.05) is 67.9 Å². The van der Waals surface area contributed by atoms with Gasteiger partial charge in [0.2, 0.25) is 5.91 Å². The third-order valence-corrected chi connectivity index (χ3v) is 8.00. The predicted molar refractivity (Wildman–Crippen MR) is 162 cm³/mol. The van der Waals surface area contributed by atoms with Crippen LogP contribution < -0.4 is 5.32 Å². The molecule has 0 aromatic heterocycles. The molecule has 4 amide bonds. The zero-order valence-corrected chi connectivity index (χ0v) is 25.6. The molecule has 0 fully saturated rings. The number of nitrogens with zero attached hydrogens (tertiary/aromatic N) is 4. The molecule has 8 heteroatoms. The van der Waals surface area contributed by atoms with Crippen LogP contribution in [0.4, 0.5) is 4.79 Å². The number of benzene rings is 2. The molecular weight excluding hydrogens is 514 g/mol. The minimum atomic E-state index is -0.632. The van der Waals surface area contributed by atoms with Crippen molar-refractivity contribution in [3.05, 3.63) is 82.1 Å². The first kappa shape index (κ1) is 30.3. The summed E-state index contributed by atoms with van der Waals surface area (Å²) in [7, 11) is 3.99. The lowest BCUT2D eigenvalue weighted by Crippen LogP contribution is -2.51. The van der Waals surface area contributed by atoms with E-state index in [0.717, 1.165) is 22.3 Å². The molecule has 0 spiro atoms. The minimum absolute atomic E-state index is 0.0528. The van der Waals surface area contributed by atoms with Crippen molar-refractivity contribution in [3.8, 4) is 0 Å². The van der Waals surface area contributed by atoms with Crippen LogP contribution >= 0.6 is 0 Å². The fraction of sp³-hybridized carbons (Fsp3) is 0.485. The van der Waals surface area contributed by atoms with Crippen LogP contribution in [0, 0.1) is 19.8 Å². The quantitative estimate of drug-likeness (QED) is 0.440. The highest BCUT2D eigenvalue weighted by Crippen LogP contribution is 2.39. The summed E-state index contributed by atoms with van der Waals surface area (Å²) < 4.78 is 0. The molecule has 220 valence electrons. The van der Waals surface area contributed by atoms with E-state index in [1.54, 1.807) is 9.80 Å². The second kappa shape index (κ2) is 12.9. The number of amides is 4. The van der Waals surface area contributed by atoms with Crippen LogP contribution in [-0.2, 0) is 16.1 Å². The molecule has 0 unspecified atom stereocenters. The number of rotatable bonds is 11. The molecule has 0 bridgehead atoms. The number of carbonyl (C=O) groups is 3. The molecule has 2 atom stereocenters. The maximum Gasteiger partial charge on any atom is 0.322 e. The van der Waals surface area contributed by atoms with Crippen molar-refractivity contribution in [2.45, 2.75) is 59.7 Å². The van der Waals surface area contributed by atoms with Crippen molar-refractivity contribution in [2.75, 3.05) is 40.3 Å². The summed E-state index contributed by atoms with van der Waals surface area (Å²) in [5.41, 5.74) is 5.38. The first-order chi connectivity index (χ1) is 19.5. The van der Waals surface area contributed by atoms with Crippen LogP contribution in [0.1, 0.15) is 55.5 Å². The summed E-state index contributed by atoms with van der Waals surface area (Å²) in [5.74, 6) is -0.0309. The standard InChI is InChI=1S/C33H45N5O3/c1-8-37-28-21-38(32(40)29(28)30(34-33(37)41)26-15-14-23(4)19-24(26)5)27(18-22(2)3)31(39)36(17-16-35(6)7)20-25-12-10-9-11-13-25/h9-15,19,22,27,30H,8,16-18,20-21H2,1-7H3,(H,34,41)/t27-,30+/m1/s1. The Labute approximate surface area is 245 Å². The lowest BCUT2D eigenvalue weighted by Gasteiger charge is -2.34. The van der Waals surface area contributed by atoms with Gasteiger partial charge in [-0.2, -0.15) is 0 Å². The number of urea groups is 1. The number of carbonyl (C=O) groups excluding carboxylic acids is 3. The molecular formula is C33H45N5O3. The molecule has 0 saturated heterocycles. The molecule has 8 nitrogen and oxygen atoms in total. The van der Waals surface area contributed by atoms with E-state index in [1.807, 2.05) is 82.2 Å². The first-order valence-electron chi connectivity index (χ1n) is 14.7. The molecule has 41 heavy (non-hydrogen) atoms. The predicted octanol–water partition coefficient (Wildman–Crippen LogP) is 4.49. The summed E-state index contributed by atoms with van der Waals surface area (Å²) in [6.07, 6.45) is 0.542. The summed E-state index contributed by atoms with van der Waals surface area (Å²) in [5, 5.41) is 3.09. The molecule has 2 aliphatic rings. The van der Waals surface area contributed by atoms with E-state index in [0.29, 0.717) is 43.9 Å². The van der Waals surface area contributed by atoms with Crippen LogP contribution in [0.25, 0.3) is 0 Å². The summed E-state index contributed by atoms with van der Waals surface area (Å²) in [4.78, 5) is 49.3. The average molecular weight is 560 g/mol. The van der Waals surface area contributed by atoms with Gasteiger partial charge in [-0.15, -0.1) is 0 Å². The van der Waals surface area contributed by atoms with Crippen molar-refractivity contribution < 1.29 is 14.4 Å². The second-order valence-electron chi connectivity index (χ2n) is 12.0. The van der Waals surface area contributed by atoms with Crippen LogP contribution in [0.5, 0.6) is 0 Å². The van der Waals surface area contributed by atoms with E-state index in [9.17, 15) is 14.4 Å². The molecule has 0 aliphatic carbocycles. The molecule has 4 rings (SSSR count). The highest BCUT2D eigenvalue weighted by Gasteiger charge is 2.47. The number of nitrogens with one attached hydrogen (secondary N) is 1. The van der Waals surface area contributed by atoms with E-state index < -0.39 is 12.1 Å². The largest absolute Gasteiger partial charge is 0.335 e. The highest BCUT2D eigenvalue weighted by molar-refractivity contribution is 6.03. The van der Waals surface area contributed by atoms with Crippen molar-refractivity contribution in [1.82, 2.24) is 24.9 Å². The second-order valence-corrected chi connectivity index (χ2v) is 12.0. The number of hydrogen-bond acceptors (Lipinski definition) is 4. The topological polar surface area (TPSA) is 76.2 Å². The summed E-state index contributed by atoms with van der Waals surface area (Å²) >= 11 is 0. The van der Waals surface area contributed by atoms with Gasteiger partial charge < -0.3 is 20.0 Å². The zero-order valence-electron chi connectivity index (χ0n) is 25.6. The normalized spacial score (nSPS) is 17.8. The van der Waals surface area contributed by atoms with E-state index >= 15 is 0 Å². The fourth-order valence-corrected chi connectivity index (χ4v) is 5.89. The molecule has 2 aliphatic heterocycles. The van der Waals surface area contributed by atoms with E-state index in [-0.39, 0.29) is 30.3 Å². The van der Waals surface area contributed by atoms with Crippen molar-refractivity contribution in [1.29, 1.82) is 0 Å². The third kappa shape index (κ3) is 6.64. The van der Waals surface area contributed by atoms with Crippen LogP contribution in [-0.4, -0.2) is 83.8 Å². The van der Waals surface area contributed by atoms with E-state index in [4.69, 9.17) is 0 Å². The summed E-state index contributed by atoms with van der Waals surface area (Å²) in [6.45, 7) is 12.5. The summed E-state index contributed by atoms with van der Waals surface area (Å²) in [6, 6.07) is 14.7. The Balaban J connectivity index is 1.71. The maximum absolute atomic E-state index is 14.4. The molecule has 2 aromatic carbocycles. The molecule has 0 radical (unpaired) electrons. The van der Waals surface area contributed by atoms with E-state index in [1.165, 1.54) is 0 Å². The van der Waals surface area contributed by atoms with Crippen LogP contribution in [0.2, 0.25) is 0 Å². The van der Waals surface area contributed by atoms with Gasteiger partial charge in [0.25, 0.3) is 5.91 Å². The average Bonchev–Trinajstić information content (AvgIpc) is 3.26. The molecule has 0 saturated carbocycles. The Morgan fingerprint density at radius 2 is 1.76 bits per heavy atom.